The standard InChI is InChI=1S/C17H26N2O2/c1-12(2)16(11-18)17(20)19-13-7-9-15(10-8-13)21-14-5-3-4-6-14/h7-10,12,14,16H,3-6,11,18H2,1-2H3,(H,19,20). The van der Waals surface area contributed by atoms with Crippen LogP contribution in [0.25, 0.3) is 0 Å². The van der Waals surface area contributed by atoms with Crippen molar-refractivity contribution in [2.24, 2.45) is 17.6 Å². The van der Waals surface area contributed by atoms with Gasteiger partial charge in [-0.25, -0.2) is 0 Å². The van der Waals surface area contributed by atoms with E-state index in [2.05, 4.69) is 5.32 Å². The van der Waals surface area contributed by atoms with Gasteiger partial charge in [0, 0.05) is 12.2 Å². The van der Waals surface area contributed by atoms with Crippen LogP contribution in [-0.4, -0.2) is 18.6 Å². The molecule has 21 heavy (non-hydrogen) atoms. The molecule has 1 aliphatic rings. The number of carbonyl (C=O) groups excluding carboxylic acids is 1. The summed E-state index contributed by atoms with van der Waals surface area (Å²) < 4.78 is 5.91. The quantitative estimate of drug-likeness (QED) is 0.845. The van der Waals surface area contributed by atoms with Crippen LogP contribution in [-0.2, 0) is 4.79 Å². The van der Waals surface area contributed by atoms with Crippen molar-refractivity contribution in [2.75, 3.05) is 11.9 Å². The Bertz CT molecular complexity index is 450. The van der Waals surface area contributed by atoms with Crippen LogP contribution in [0.1, 0.15) is 39.5 Å². The van der Waals surface area contributed by atoms with E-state index >= 15 is 0 Å². The summed E-state index contributed by atoms with van der Waals surface area (Å²) in [4.78, 5) is 12.1. The molecule has 1 atom stereocenters. The molecule has 3 N–H and O–H groups in total. The molecule has 0 bridgehead atoms. The van der Waals surface area contributed by atoms with Gasteiger partial charge in [0.25, 0.3) is 0 Å². The van der Waals surface area contributed by atoms with E-state index in [0.717, 1.165) is 24.3 Å². The first kappa shape index (κ1) is 15.8. The molecule has 116 valence electrons. The van der Waals surface area contributed by atoms with Crippen LogP contribution in [0.15, 0.2) is 24.3 Å². The van der Waals surface area contributed by atoms with E-state index in [-0.39, 0.29) is 17.7 Å². The van der Waals surface area contributed by atoms with E-state index < -0.39 is 0 Å². The minimum atomic E-state index is -0.153. The first-order valence-electron chi connectivity index (χ1n) is 7.88. The first-order chi connectivity index (χ1) is 10.1. The van der Waals surface area contributed by atoms with Crippen LogP contribution >= 0.6 is 0 Å². The predicted octanol–water partition coefficient (Wildman–Crippen LogP) is 3.18. The zero-order chi connectivity index (χ0) is 15.2. The molecule has 1 aromatic carbocycles. The van der Waals surface area contributed by atoms with Crippen molar-refractivity contribution in [1.82, 2.24) is 0 Å². The third kappa shape index (κ3) is 4.46. The summed E-state index contributed by atoms with van der Waals surface area (Å²) in [5, 5.41) is 2.92. The number of rotatable bonds is 6. The highest BCUT2D eigenvalue weighted by Gasteiger charge is 2.20. The Morgan fingerprint density at radius 1 is 1.29 bits per heavy atom. The largest absolute Gasteiger partial charge is 0.490 e. The molecule has 0 heterocycles. The molecule has 0 spiro atoms. The van der Waals surface area contributed by atoms with E-state index in [9.17, 15) is 4.79 Å². The molecular weight excluding hydrogens is 264 g/mol. The fourth-order valence-electron chi connectivity index (χ4n) is 2.73. The summed E-state index contributed by atoms with van der Waals surface area (Å²) in [5.74, 6) is 0.940. The number of nitrogens with two attached hydrogens (primary N) is 1. The molecule has 1 unspecified atom stereocenters. The Kier molecular flexibility index (Phi) is 5.62. The Morgan fingerprint density at radius 2 is 1.90 bits per heavy atom. The normalized spacial score (nSPS) is 17.0. The number of ether oxygens (including phenoxy) is 1. The Hall–Kier alpha value is -1.55. The van der Waals surface area contributed by atoms with E-state index in [0.29, 0.717) is 12.6 Å². The van der Waals surface area contributed by atoms with Gasteiger partial charge in [-0.2, -0.15) is 0 Å². The van der Waals surface area contributed by atoms with Gasteiger partial charge in [0.1, 0.15) is 5.75 Å². The van der Waals surface area contributed by atoms with Crippen LogP contribution in [0.5, 0.6) is 5.75 Å². The van der Waals surface area contributed by atoms with E-state index in [1.165, 1.54) is 12.8 Å². The summed E-state index contributed by atoms with van der Waals surface area (Å²) in [6.07, 6.45) is 5.16. The number of hydrogen-bond donors (Lipinski definition) is 2. The monoisotopic (exact) mass is 290 g/mol. The number of carbonyl (C=O) groups is 1. The minimum Gasteiger partial charge on any atom is -0.490 e. The second-order valence-corrected chi connectivity index (χ2v) is 6.12. The number of nitrogens with one attached hydrogen (secondary N) is 1. The van der Waals surface area contributed by atoms with Gasteiger partial charge in [0.2, 0.25) is 5.91 Å². The highest BCUT2D eigenvalue weighted by atomic mass is 16.5. The van der Waals surface area contributed by atoms with Crippen molar-refractivity contribution in [3.63, 3.8) is 0 Å². The topological polar surface area (TPSA) is 64.4 Å². The molecule has 1 saturated carbocycles. The zero-order valence-electron chi connectivity index (χ0n) is 13.0. The fraction of sp³-hybridized carbons (Fsp3) is 0.588. The second kappa shape index (κ2) is 7.46. The van der Waals surface area contributed by atoms with Crippen LogP contribution in [0, 0.1) is 11.8 Å². The zero-order valence-corrected chi connectivity index (χ0v) is 13.0. The summed E-state index contributed by atoms with van der Waals surface area (Å²) in [7, 11) is 0. The summed E-state index contributed by atoms with van der Waals surface area (Å²) in [5.41, 5.74) is 6.45. The number of anilines is 1. The maximum Gasteiger partial charge on any atom is 0.229 e. The van der Waals surface area contributed by atoms with Crippen LogP contribution < -0.4 is 15.8 Å². The number of benzene rings is 1. The molecule has 4 heteroatoms. The number of amides is 1. The van der Waals surface area contributed by atoms with Gasteiger partial charge < -0.3 is 15.8 Å². The van der Waals surface area contributed by atoms with E-state index in [4.69, 9.17) is 10.5 Å². The highest BCUT2D eigenvalue weighted by Crippen LogP contribution is 2.25. The summed E-state index contributed by atoms with van der Waals surface area (Å²) in [6.45, 7) is 4.39. The molecule has 0 saturated heterocycles. The van der Waals surface area contributed by atoms with Crippen molar-refractivity contribution in [2.45, 2.75) is 45.6 Å². The van der Waals surface area contributed by atoms with Gasteiger partial charge in [-0.05, 0) is 55.9 Å². The molecule has 4 nitrogen and oxygen atoms in total. The molecule has 1 amide bonds. The van der Waals surface area contributed by atoms with Gasteiger partial charge in [-0.1, -0.05) is 13.8 Å². The maximum atomic E-state index is 12.1. The SMILES string of the molecule is CC(C)C(CN)C(=O)Nc1ccc(OC2CCCC2)cc1. The third-order valence-electron chi connectivity index (χ3n) is 4.12. The smallest absolute Gasteiger partial charge is 0.229 e. The molecule has 1 fully saturated rings. The summed E-state index contributed by atoms with van der Waals surface area (Å²) in [6, 6.07) is 7.60. The van der Waals surface area contributed by atoms with Gasteiger partial charge in [-0.15, -0.1) is 0 Å². The van der Waals surface area contributed by atoms with E-state index in [1.807, 2.05) is 38.1 Å². The van der Waals surface area contributed by atoms with E-state index in [1.54, 1.807) is 0 Å². The van der Waals surface area contributed by atoms with Crippen LogP contribution in [0.2, 0.25) is 0 Å². The lowest BCUT2D eigenvalue weighted by molar-refractivity contribution is -0.120. The lowest BCUT2D eigenvalue weighted by Gasteiger charge is -2.18. The Balaban J connectivity index is 1.90. The van der Waals surface area contributed by atoms with Crippen molar-refractivity contribution >= 4 is 11.6 Å². The first-order valence-corrected chi connectivity index (χ1v) is 7.88. The molecular formula is C17H26N2O2. The van der Waals surface area contributed by atoms with Crippen molar-refractivity contribution in [3.8, 4) is 5.75 Å². The molecule has 1 aliphatic carbocycles. The van der Waals surface area contributed by atoms with Crippen molar-refractivity contribution < 1.29 is 9.53 Å². The fourth-order valence-corrected chi connectivity index (χ4v) is 2.73. The lowest BCUT2D eigenvalue weighted by atomic mass is 9.95. The Labute approximate surface area is 127 Å². The predicted molar refractivity (Wildman–Crippen MR) is 85.3 cm³/mol. The van der Waals surface area contributed by atoms with Gasteiger partial charge in [-0.3, -0.25) is 4.79 Å². The van der Waals surface area contributed by atoms with Crippen molar-refractivity contribution in [3.05, 3.63) is 24.3 Å². The van der Waals surface area contributed by atoms with Crippen molar-refractivity contribution in [1.29, 1.82) is 0 Å². The highest BCUT2D eigenvalue weighted by molar-refractivity contribution is 5.92. The van der Waals surface area contributed by atoms with Crippen LogP contribution in [0.4, 0.5) is 5.69 Å². The maximum absolute atomic E-state index is 12.1. The molecule has 0 aliphatic heterocycles. The molecule has 1 aromatic rings. The minimum absolute atomic E-state index is 0.0167. The summed E-state index contributed by atoms with van der Waals surface area (Å²) >= 11 is 0. The average Bonchev–Trinajstić information content (AvgIpc) is 2.94. The average molecular weight is 290 g/mol. The lowest BCUT2D eigenvalue weighted by Crippen LogP contribution is -2.33. The van der Waals surface area contributed by atoms with Gasteiger partial charge in [0.15, 0.2) is 0 Å². The molecule has 0 aromatic heterocycles. The number of hydrogen-bond acceptors (Lipinski definition) is 3. The van der Waals surface area contributed by atoms with Gasteiger partial charge in [0.05, 0.1) is 12.0 Å². The third-order valence-corrected chi connectivity index (χ3v) is 4.12. The Morgan fingerprint density at radius 3 is 2.43 bits per heavy atom. The van der Waals surface area contributed by atoms with Gasteiger partial charge >= 0.3 is 0 Å². The molecule has 2 rings (SSSR count). The molecule has 0 radical (unpaired) electrons. The second-order valence-electron chi connectivity index (χ2n) is 6.12. The van der Waals surface area contributed by atoms with Crippen LogP contribution in [0.3, 0.4) is 0 Å².